The summed E-state index contributed by atoms with van der Waals surface area (Å²) < 4.78 is 0. The molecule has 0 saturated heterocycles. The molecule has 1 radical (unpaired) electrons. The van der Waals surface area contributed by atoms with Gasteiger partial charge in [0.1, 0.15) is 0 Å². The van der Waals surface area contributed by atoms with Crippen LogP contribution in [0, 0.1) is 0 Å². The Morgan fingerprint density at radius 3 is 2.11 bits per heavy atom. The van der Waals surface area contributed by atoms with Gasteiger partial charge in [-0.1, -0.05) is 25.7 Å². The fraction of sp³-hybridized carbons (Fsp3) is 1.00. The van der Waals surface area contributed by atoms with Gasteiger partial charge in [0, 0.05) is 0 Å². The Kier molecular flexibility index (Phi) is 3.82. The smallest absolute Gasteiger partial charge is 0.0614 e. The average molecular weight is 130 g/mol. The topological polar surface area (TPSA) is 34.3 Å². The molecular formula is C7H16NO. The van der Waals surface area contributed by atoms with Gasteiger partial charge in [0.05, 0.1) is 5.54 Å². The zero-order valence-corrected chi connectivity index (χ0v) is 6.52. The molecule has 0 spiro atoms. The predicted octanol–water partition coefficient (Wildman–Crippen LogP) is 1.95. The van der Waals surface area contributed by atoms with Crippen molar-refractivity contribution < 1.29 is 5.21 Å². The van der Waals surface area contributed by atoms with E-state index in [1.165, 1.54) is 0 Å². The van der Waals surface area contributed by atoms with E-state index in [0.29, 0.717) is 0 Å². The summed E-state index contributed by atoms with van der Waals surface area (Å²) in [5.41, 5.74) is 3.14. The lowest BCUT2D eigenvalue weighted by Crippen LogP contribution is -2.33. The quantitative estimate of drug-likeness (QED) is 0.580. The van der Waals surface area contributed by atoms with Gasteiger partial charge < -0.3 is 0 Å². The van der Waals surface area contributed by atoms with Crippen molar-refractivity contribution in [2.75, 3.05) is 0 Å². The predicted molar refractivity (Wildman–Crippen MR) is 37.5 cm³/mol. The van der Waals surface area contributed by atoms with E-state index in [9.17, 15) is 0 Å². The summed E-state index contributed by atoms with van der Waals surface area (Å²) in [4.78, 5) is 0. The average Bonchev–Trinajstić information content (AvgIpc) is 1.89. The Balaban J connectivity index is 3.62. The molecule has 1 unspecified atom stereocenters. The van der Waals surface area contributed by atoms with Gasteiger partial charge in [0.25, 0.3) is 0 Å². The Hall–Kier alpha value is -0.0800. The molecule has 0 bridgehead atoms. The highest BCUT2D eigenvalue weighted by atomic mass is 16.5. The van der Waals surface area contributed by atoms with Gasteiger partial charge in [0.2, 0.25) is 0 Å². The first-order valence-electron chi connectivity index (χ1n) is 3.54. The van der Waals surface area contributed by atoms with Crippen molar-refractivity contribution in [3.8, 4) is 0 Å². The first kappa shape index (κ1) is 8.92. The third-order valence-corrected chi connectivity index (χ3v) is 1.79. The summed E-state index contributed by atoms with van der Waals surface area (Å²) >= 11 is 0. The van der Waals surface area contributed by atoms with Crippen LogP contribution in [-0.2, 0) is 0 Å². The molecule has 1 atom stereocenters. The lowest BCUT2D eigenvalue weighted by Gasteiger charge is -2.22. The molecule has 0 amide bonds. The van der Waals surface area contributed by atoms with E-state index in [4.69, 9.17) is 5.21 Å². The normalized spacial score (nSPS) is 17.3. The third kappa shape index (κ3) is 2.82. The van der Waals surface area contributed by atoms with Crippen LogP contribution in [-0.4, -0.2) is 10.7 Å². The first-order chi connectivity index (χ1) is 4.18. The summed E-state index contributed by atoms with van der Waals surface area (Å²) in [6.07, 6.45) is 2.96. The molecule has 2 nitrogen and oxygen atoms in total. The molecule has 0 fully saturated rings. The standard InChI is InChI=1S/C7H16NO/c1-4-6-7(3,5-2)8-9/h9H,4-6H2,1-3H3. The molecule has 0 heterocycles. The second-order valence-corrected chi connectivity index (χ2v) is 2.70. The molecule has 0 aliphatic carbocycles. The van der Waals surface area contributed by atoms with E-state index >= 15 is 0 Å². The van der Waals surface area contributed by atoms with Gasteiger partial charge in [0.15, 0.2) is 0 Å². The highest BCUT2D eigenvalue weighted by Gasteiger charge is 2.20. The molecule has 55 valence electrons. The van der Waals surface area contributed by atoms with Crippen molar-refractivity contribution in [3.05, 3.63) is 0 Å². The molecule has 0 saturated carbocycles. The summed E-state index contributed by atoms with van der Waals surface area (Å²) in [5, 5.41) is 8.54. The molecule has 1 N–H and O–H groups in total. The van der Waals surface area contributed by atoms with Crippen molar-refractivity contribution in [2.45, 2.75) is 45.6 Å². The largest absolute Gasteiger partial charge is 0.296 e. The Labute approximate surface area is 57.2 Å². The number of nitrogens with zero attached hydrogens (tertiary/aromatic N) is 1. The maximum Gasteiger partial charge on any atom is 0.0614 e. The zero-order valence-electron chi connectivity index (χ0n) is 6.52. The number of rotatable bonds is 4. The van der Waals surface area contributed by atoms with Crippen LogP contribution >= 0.6 is 0 Å². The van der Waals surface area contributed by atoms with Crippen LogP contribution in [0.4, 0.5) is 0 Å². The fourth-order valence-corrected chi connectivity index (χ4v) is 0.836. The second-order valence-electron chi connectivity index (χ2n) is 2.70. The van der Waals surface area contributed by atoms with Crippen LogP contribution < -0.4 is 5.48 Å². The second kappa shape index (κ2) is 3.85. The number of hydroxylamine groups is 1. The molecule has 0 aromatic heterocycles. The summed E-state index contributed by atoms with van der Waals surface area (Å²) in [5.74, 6) is 0. The van der Waals surface area contributed by atoms with Gasteiger partial charge in [-0.25, -0.2) is 0 Å². The van der Waals surface area contributed by atoms with E-state index < -0.39 is 0 Å². The van der Waals surface area contributed by atoms with Gasteiger partial charge in [-0.05, 0) is 19.8 Å². The minimum absolute atomic E-state index is 0.186. The van der Waals surface area contributed by atoms with Crippen molar-refractivity contribution in [1.82, 2.24) is 5.48 Å². The molecule has 2 heteroatoms. The van der Waals surface area contributed by atoms with E-state index in [1.807, 2.05) is 13.8 Å². The van der Waals surface area contributed by atoms with Crippen molar-refractivity contribution in [3.63, 3.8) is 0 Å². The van der Waals surface area contributed by atoms with Crippen LogP contribution in [0.5, 0.6) is 0 Å². The van der Waals surface area contributed by atoms with Crippen LogP contribution in [0.15, 0.2) is 0 Å². The summed E-state index contributed by atoms with van der Waals surface area (Å²) in [7, 11) is 0. The van der Waals surface area contributed by atoms with Gasteiger partial charge in [-0.3, -0.25) is 5.21 Å². The summed E-state index contributed by atoms with van der Waals surface area (Å²) in [6, 6.07) is 0. The molecule has 0 aliphatic rings. The zero-order chi connectivity index (χ0) is 7.33. The van der Waals surface area contributed by atoms with E-state index in [0.717, 1.165) is 19.3 Å². The Morgan fingerprint density at radius 1 is 1.44 bits per heavy atom. The molecule has 9 heavy (non-hydrogen) atoms. The van der Waals surface area contributed by atoms with E-state index in [2.05, 4.69) is 12.4 Å². The van der Waals surface area contributed by atoms with Crippen LogP contribution in [0.25, 0.3) is 0 Å². The lowest BCUT2D eigenvalue weighted by atomic mass is 9.94. The van der Waals surface area contributed by atoms with Crippen LogP contribution in [0.3, 0.4) is 0 Å². The number of hydrogen-bond donors (Lipinski definition) is 1. The fourth-order valence-electron chi connectivity index (χ4n) is 0.836. The Bertz CT molecular complexity index is 69.3. The lowest BCUT2D eigenvalue weighted by molar-refractivity contribution is 0.0527. The van der Waals surface area contributed by atoms with Crippen molar-refractivity contribution in [2.24, 2.45) is 0 Å². The molecular weight excluding hydrogens is 114 g/mol. The summed E-state index contributed by atoms with van der Waals surface area (Å²) in [6.45, 7) is 6.10. The molecule has 0 rings (SSSR count). The minimum Gasteiger partial charge on any atom is -0.296 e. The third-order valence-electron chi connectivity index (χ3n) is 1.79. The van der Waals surface area contributed by atoms with E-state index in [-0.39, 0.29) is 5.54 Å². The van der Waals surface area contributed by atoms with E-state index in [1.54, 1.807) is 0 Å². The van der Waals surface area contributed by atoms with Gasteiger partial charge in [-0.15, -0.1) is 0 Å². The van der Waals surface area contributed by atoms with Gasteiger partial charge in [-0.2, -0.15) is 0 Å². The van der Waals surface area contributed by atoms with Crippen LogP contribution in [0.1, 0.15) is 40.0 Å². The van der Waals surface area contributed by atoms with Crippen LogP contribution in [0.2, 0.25) is 0 Å². The maximum absolute atomic E-state index is 8.54. The highest BCUT2D eigenvalue weighted by Crippen LogP contribution is 2.15. The molecule has 0 aliphatic heterocycles. The Morgan fingerprint density at radius 2 is 2.00 bits per heavy atom. The van der Waals surface area contributed by atoms with Crippen molar-refractivity contribution >= 4 is 0 Å². The maximum atomic E-state index is 8.54. The number of hydrogen-bond acceptors (Lipinski definition) is 1. The SMILES string of the molecule is CCCC(C)(CC)[N]O. The van der Waals surface area contributed by atoms with Crippen molar-refractivity contribution in [1.29, 1.82) is 0 Å². The molecule has 0 aromatic rings. The van der Waals surface area contributed by atoms with Gasteiger partial charge >= 0.3 is 0 Å². The minimum atomic E-state index is -0.186. The highest BCUT2D eigenvalue weighted by molar-refractivity contribution is 4.75. The first-order valence-corrected chi connectivity index (χ1v) is 3.54. The monoisotopic (exact) mass is 130 g/mol. The molecule has 0 aromatic carbocycles.